The summed E-state index contributed by atoms with van der Waals surface area (Å²) in [6, 6.07) is 0. The first kappa shape index (κ1) is 17.3. The van der Waals surface area contributed by atoms with E-state index in [9.17, 15) is 9.59 Å². The highest BCUT2D eigenvalue weighted by molar-refractivity contribution is 5.91. The van der Waals surface area contributed by atoms with E-state index in [-0.39, 0.29) is 5.91 Å². The lowest BCUT2D eigenvalue weighted by atomic mass is 10.2. The van der Waals surface area contributed by atoms with Crippen LogP contribution in [0, 0.1) is 0 Å². The van der Waals surface area contributed by atoms with Crippen LogP contribution >= 0.6 is 0 Å². The first-order valence-electron chi connectivity index (χ1n) is 4.97. The van der Waals surface area contributed by atoms with E-state index in [1.54, 1.807) is 19.2 Å². The molecule has 4 heteroatoms. The molecular weight excluding hydrogens is 216 g/mol. The summed E-state index contributed by atoms with van der Waals surface area (Å²) in [5.41, 5.74) is 5.24. The normalized spacial score (nSPS) is 8.06. The van der Waals surface area contributed by atoms with Gasteiger partial charge in [0.25, 0.3) is 0 Å². The minimum atomic E-state index is -0.454. The van der Waals surface area contributed by atoms with Crippen molar-refractivity contribution in [2.24, 2.45) is 5.73 Å². The molecule has 0 aliphatic rings. The maximum absolute atomic E-state index is 10.7. The lowest BCUT2D eigenvalue weighted by Crippen LogP contribution is -2.24. The molecule has 0 bridgehead atoms. The first-order valence-corrected chi connectivity index (χ1v) is 4.97. The number of nitrogens with zero attached hydrogens (tertiary/aromatic N) is 1. The summed E-state index contributed by atoms with van der Waals surface area (Å²) >= 11 is 0. The molecular formula is C13H20N2O2. The zero-order valence-corrected chi connectivity index (χ0v) is 10.3. The Bertz CT molecular complexity index is 319. The molecule has 0 aliphatic heterocycles. The topological polar surface area (TPSA) is 63.4 Å². The molecule has 0 heterocycles. The van der Waals surface area contributed by atoms with Crippen LogP contribution in [0.5, 0.6) is 0 Å². The molecule has 0 aliphatic carbocycles. The summed E-state index contributed by atoms with van der Waals surface area (Å²) in [6.07, 6.45) is 5.02. The van der Waals surface area contributed by atoms with Crippen LogP contribution in [0.1, 0.15) is 6.42 Å². The van der Waals surface area contributed by atoms with Gasteiger partial charge in [0.05, 0.1) is 0 Å². The van der Waals surface area contributed by atoms with Gasteiger partial charge < -0.3 is 10.6 Å². The van der Waals surface area contributed by atoms with Gasteiger partial charge in [-0.1, -0.05) is 25.3 Å². The van der Waals surface area contributed by atoms with Crippen molar-refractivity contribution in [3.8, 4) is 0 Å². The Balaban J connectivity index is 0. The van der Waals surface area contributed by atoms with E-state index in [1.807, 2.05) is 0 Å². The van der Waals surface area contributed by atoms with Gasteiger partial charge in [0.2, 0.25) is 11.8 Å². The number of carbonyl (C=O) groups excluding carboxylic acids is 2. The third-order valence-electron chi connectivity index (χ3n) is 1.69. The molecule has 0 atom stereocenters. The molecule has 0 rings (SSSR count). The molecule has 0 unspecified atom stereocenters. The quantitative estimate of drug-likeness (QED) is 0.560. The Hall–Kier alpha value is -2.10. The predicted molar refractivity (Wildman–Crippen MR) is 71.2 cm³/mol. The highest BCUT2D eigenvalue weighted by atomic mass is 16.2. The Kier molecular flexibility index (Phi) is 10.6. The molecule has 4 nitrogen and oxygen atoms in total. The van der Waals surface area contributed by atoms with Crippen molar-refractivity contribution in [3.63, 3.8) is 0 Å². The Morgan fingerprint density at radius 3 is 2.00 bits per heavy atom. The van der Waals surface area contributed by atoms with Gasteiger partial charge in [0.15, 0.2) is 0 Å². The average molecular weight is 236 g/mol. The average Bonchev–Trinajstić information content (AvgIpc) is 2.29. The standard InChI is InChI=1S/C7H11NO.C6H9NO/c1-4-6-8(3)7(9)5-2;1-3-4-5(2)6(7)8/h4-5H,1-2,6H2,3H3;3H,1-2,4H2,(H2,7,8). The second-order valence-corrected chi connectivity index (χ2v) is 3.17. The summed E-state index contributed by atoms with van der Waals surface area (Å²) in [4.78, 5) is 22.4. The van der Waals surface area contributed by atoms with E-state index in [2.05, 4.69) is 26.3 Å². The summed E-state index contributed by atoms with van der Waals surface area (Å²) in [7, 11) is 1.70. The van der Waals surface area contributed by atoms with Gasteiger partial charge in [0.1, 0.15) is 0 Å². The second kappa shape index (κ2) is 10.4. The Morgan fingerprint density at radius 1 is 1.24 bits per heavy atom. The monoisotopic (exact) mass is 236 g/mol. The van der Waals surface area contributed by atoms with Gasteiger partial charge in [-0.05, 0) is 12.5 Å². The molecule has 0 aromatic rings. The van der Waals surface area contributed by atoms with E-state index in [1.165, 1.54) is 11.0 Å². The molecule has 2 amide bonds. The van der Waals surface area contributed by atoms with Crippen LogP contribution < -0.4 is 5.73 Å². The fourth-order valence-electron chi connectivity index (χ4n) is 0.714. The summed E-state index contributed by atoms with van der Waals surface area (Å²) in [6.45, 7) is 14.2. The molecule has 0 spiro atoms. The van der Waals surface area contributed by atoms with Gasteiger partial charge in [-0.3, -0.25) is 9.59 Å². The molecule has 2 N–H and O–H groups in total. The molecule has 0 aromatic carbocycles. The van der Waals surface area contributed by atoms with E-state index >= 15 is 0 Å². The first-order chi connectivity index (χ1) is 7.90. The maximum atomic E-state index is 10.7. The molecule has 0 saturated heterocycles. The van der Waals surface area contributed by atoms with Crippen molar-refractivity contribution >= 4 is 11.8 Å². The Labute approximate surface area is 103 Å². The lowest BCUT2D eigenvalue weighted by Gasteiger charge is -2.10. The lowest BCUT2D eigenvalue weighted by molar-refractivity contribution is -0.124. The molecule has 0 fully saturated rings. The summed E-state index contributed by atoms with van der Waals surface area (Å²) in [5.74, 6) is -0.528. The summed E-state index contributed by atoms with van der Waals surface area (Å²) < 4.78 is 0. The number of hydrogen-bond acceptors (Lipinski definition) is 2. The van der Waals surface area contributed by atoms with Crippen LogP contribution in [0.15, 0.2) is 50.1 Å². The van der Waals surface area contributed by atoms with E-state index < -0.39 is 5.91 Å². The SMILES string of the molecule is C=CCC(=C)C(N)=O.C=CCN(C)C(=O)C=C. The van der Waals surface area contributed by atoms with Crippen LogP contribution in [0.25, 0.3) is 0 Å². The number of hydrogen-bond donors (Lipinski definition) is 1. The number of nitrogens with two attached hydrogens (primary N) is 1. The molecule has 0 saturated carbocycles. The van der Waals surface area contributed by atoms with Crippen molar-refractivity contribution in [2.75, 3.05) is 13.6 Å². The number of rotatable bonds is 6. The van der Waals surface area contributed by atoms with E-state index in [4.69, 9.17) is 5.73 Å². The molecule has 0 aromatic heterocycles. The molecule has 17 heavy (non-hydrogen) atoms. The molecule has 94 valence electrons. The van der Waals surface area contributed by atoms with Gasteiger partial charge >= 0.3 is 0 Å². The number of amides is 2. The van der Waals surface area contributed by atoms with Gasteiger partial charge in [0, 0.05) is 19.2 Å². The highest BCUT2D eigenvalue weighted by Crippen LogP contribution is 1.94. The molecule has 0 radical (unpaired) electrons. The van der Waals surface area contributed by atoms with E-state index in [0.29, 0.717) is 18.5 Å². The van der Waals surface area contributed by atoms with Gasteiger partial charge in [-0.2, -0.15) is 0 Å². The van der Waals surface area contributed by atoms with Crippen LogP contribution in [0.4, 0.5) is 0 Å². The minimum absolute atomic E-state index is 0.0742. The number of carbonyl (C=O) groups is 2. The third kappa shape index (κ3) is 10.2. The number of allylic oxidation sites excluding steroid dienone is 1. The van der Waals surface area contributed by atoms with Crippen molar-refractivity contribution in [1.29, 1.82) is 0 Å². The smallest absolute Gasteiger partial charge is 0.245 e. The summed E-state index contributed by atoms with van der Waals surface area (Å²) in [5, 5.41) is 0. The maximum Gasteiger partial charge on any atom is 0.245 e. The van der Waals surface area contributed by atoms with Gasteiger partial charge in [-0.15, -0.1) is 13.2 Å². The van der Waals surface area contributed by atoms with Crippen LogP contribution in [0.3, 0.4) is 0 Å². The van der Waals surface area contributed by atoms with E-state index in [0.717, 1.165) is 0 Å². The fraction of sp³-hybridized carbons (Fsp3) is 0.231. The largest absolute Gasteiger partial charge is 0.366 e. The van der Waals surface area contributed by atoms with Crippen LogP contribution in [-0.2, 0) is 9.59 Å². The number of primary amides is 1. The zero-order chi connectivity index (χ0) is 13.8. The zero-order valence-electron chi connectivity index (χ0n) is 10.3. The minimum Gasteiger partial charge on any atom is -0.366 e. The van der Waals surface area contributed by atoms with Crippen LogP contribution in [-0.4, -0.2) is 30.3 Å². The van der Waals surface area contributed by atoms with Crippen molar-refractivity contribution in [3.05, 3.63) is 50.1 Å². The number of likely N-dealkylation sites (N-methyl/N-ethyl adjacent to an activating group) is 1. The highest BCUT2D eigenvalue weighted by Gasteiger charge is 1.98. The third-order valence-corrected chi connectivity index (χ3v) is 1.69. The second-order valence-electron chi connectivity index (χ2n) is 3.17. The van der Waals surface area contributed by atoms with Crippen molar-refractivity contribution in [1.82, 2.24) is 4.90 Å². The fourth-order valence-corrected chi connectivity index (χ4v) is 0.714. The van der Waals surface area contributed by atoms with Gasteiger partial charge in [-0.25, -0.2) is 0 Å². The van der Waals surface area contributed by atoms with Crippen molar-refractivity contribution in [2.45, 2.75) is 6.42 Å². The van der Waals surface area contributed by atoms with Crippen LogP contribution in [0.2, 0.25) is 0 Å². The van der Waals surface area contributed by atoms with Crippen molar-refractivity contribution < 1.29 is 9.59 Å². The predicted octanol–water partition coefficient (Wildman–Crippen LogP) is 1.42. The Morgan fingerprint density at radius 2 is 1.76 bits per heavy atom.